The van der Waals surface area contributed by atoms with Crippen molar-refractivity contribution in [3.05, 3.63) is 52.3 Å². The van der Waals surface area contributed by atoms with Gasteiger partial charge in [0.15, 0.2) is 5.58 Å². The molecule has 4 rings (SSSR count). The minimum absolute atomic E-state index is 0.151. The second-order valence-corrected chi connectivity index (χ2v) is 6.92. The van der Waals surface area contributed by atoms with Crippen molar-refractivity contribution in [2.75, 3.05) is 26.7 Å². The maximum absolute atomic E-state index is 12.1. The molecule has 0 saturated carbocycles. The molecule has 0 aliphatic carbocycles. The van der Waals surface area contributed by atoms with Gasteiger partial charge in [0.2, 0.25) is 0 Å². The van der Waals surface area contributed by atoms with Crippen molar-refractivity contribution in [2.45, 2.75) is 26.0 Å². The van der Waals surface area contributed by atoms with Crippen molar-refractivity contribution in [1.29, 1.82) is 0 Å². The van der Waals surface area contributed by atoms with E-state index in [-0.39, 0.29) is 11.9 Å². The highest BCUT2D eigenvalue weighted by molar-refractivity contribution is 5.72. The van der Waals surface area contributed by atoms with Gasteiger partial charge in [-0.1, -0.05) is 17.3 Å². The predicted molar refractivity (Wildman–Crippen MR) is 96.1 cm³/mol. The molecule has 0 N–H and O–H groups in total. The van der Waals surface area contributed by atoms with E-state index in [1.807, 2.05) is 37.3 Å². The van der Waals surface area contributed by atoms with Gasteiger partial charge in [-0.25, -0.2) is 4.79 Å². The first-order valence-electron chi connectivity index (χ1n) is 8.90. The van der Waals surface area contributed by atoms with Gasteiger partial charge in [0, 0.05) is 51.7 Å². The Hall–Kier alpha value is -2.38. The molecule has 1 saturated heterocycles. The monoisotopic (exact) mass is 357 g/mol. The summed E-state index contributed by atoms with van der Waals surface area (Å²) >= 11 is 0. The lowest BCUT2D eigenvalue weighted by Crippen LogP contribution is -2.29. The van der Waals surface area contributed by atoms with E-state index in [1.165, 1.54) is 0 Å². The molecule has 138 valence electrons. The second kappa shape index (κ2) is 7.09. The molecule has 2 atom stereocenters. The van der Waals surface area contributed by atoms with Crippen LogP contribution in [-0.4, -0.2) is 47.5 Å². The lowest BCUT2D eigenvalue weighted by Gasteiger charge is -2.15. The normalized spacial score (nSPS) is 21.0. The fourth-order valence-electron chi connectivity index (χ4n) is 3.81. The summed E-state index contributed by atoms with van der Waals surface area (Å²) in [7, 11) is 1.75. The van der Waals surface area contributed by atoms with Crippen molar-refractivity contribution in [1.82, 2.24) is 14.6 Å². The van der Waals surface area contributed by atoms with Gasteiger partial charge in [-0.15, -0.1) is 0 Å². The average molecular weight is 357 g/mol. The molecule has 0 unspecified atom stereocenters. The van der Waals surface area contributed by atoms with Gasteiger partial charge in [0.05, 0.1) is 17.3 Å². The van der Waals surface area contributed by atoms with Gasteiger partial charge in [-0.05, 0) is 19.1 Å². The fourth-order valence-corrected chi connectivity index (χ4v) is 3.81. The van der Waals surface area contributed by atoms with Crippen molar-refractivity contribution < 1.29 is 13.7 Å². The third-order valence-corrected chi connectivity index (χ3v) is 5.11. The van der Waals surface area contributed by atoms with Crippen LogP contribution in [0, 0.1) is 12.8 Å². The van der Waals surface area contributed by atoms with Gasteiger partial charge in [-0.2, -0.15) is 0 Å². The van der Waals surface area contributed by atoms with Crippen molar-refractivity contribution in [3.63, 3.8) is 0 Å². The van der Waals surface area contributed by atoms with Crippen LogP contribution in [0.5, 0.6) is 0 Å². The summed E-state index contributed by atoms with van der Waals surface area (Å²) in [6, 6.07) is 9.50. The minimum Gasteiger partial charge on any atom is -0.408 e. The molecule has 0 radical (unpaired) electrons. The molecule has 3 heterocycles. The van der Waals surface area contributed by atoms with Gasteiger partial charge in [0.25, 0.3) is 0 Å². The first-order chi connectivity index (χ1) is 12.6. The second-order valence-electron chi connectivity index (χ2n) is 6.92. The Balaban J connectivity index is 1.42. The molecule has 26 heavy (non-hydrogen) atoms. The van der Waals surface area contributed by atoms with Gasteiger partial charge in [0.1, 0.15) is 5.76 Å². The Labute approximate surface area is 151 Å². The number of nitrogens with zero attached hydrogens (tertiary/aromatic N) is 3. The standard InChI is InChI=1S/C19H23N3O4/c1-13-9-15(26-20-13)10-14-11-21(12-18(14)24-2)7-8-22-16-5-3-4-6-17(16)25-19(22)23/h3-6,9,14,18H,7-8,10-12H2,1-2H3/t14-,18+/m1/s1. The van der Waals surface area contributed by atoms with Crippen LogP contribution in [0.1, 0.15) is 11.5 Å². The number of para-hydroxylation sites is 2. The lowest BCUT2D eigenvalue weighted by molar-refractivity contribution is 0.0763. The number of oxazole rings is 1. The number of aryl methyl sites for hydroxylation is 1. The highest BCUT2D eigenvalue weighted by Gasteiger charge is 2.33. The van der Waals surface area contributed by atoms with E-state index in [0.29, 0.717) is 18.0 Å². The predicted octanol–water partition coefficient (Wildman–Crippen LogP) is 2.08. The van der Waals surface area contributed by atoms with Crippen LogP contribution in [0.4, 0.5) is 0 Å². The zero-order chi connectivity index (χ0) is 18.1. The number of methoxy groups -OCH3 is 1. The summed E-state index contributed by atoms with van der Waals surface area (Å²) in [5.41, 5.74) is 2.37. The average Bonchev–Trinajstić information content (AvgIpc) is 3.30. The van der Waals surface area contributed by atoms with E-state index in [4.69, 9.17) is 13.7 Å². The number of benzene rings is 1. The highest BCUT2D eigenvalue weighted by atomic mass is 16.5. The number of rotatable bonds is 6. The van der Waals surface area contributed by atoms with E-state index >= 15 is 0 Å². The Morgan fingerprint density at radius 3 is 2.88 bits per heavy atom. The zero-order valence-corrected chi connectivity index (χ0v) is 15.1. The van der Waals surface area contributed by atoms with Crippen LogP contribution in [0.3, 0.4) is 0 Å². The van der Waals surface area contributed by atoms with Crippen LogP contribution >= 0.6 is 0 Å². The lowest BCUT2D eigenvalue weighted by atomic mass is 10.0. The molecule has 0 bridgehead atoms. The van der Waals surface area contributed by atoms with Crippen LogP contribution in [0.2, 0.25) is 0 Å². The fraction of sp³-hybridized carbons (Fsp3) is 0.474. The van der Waals surface area contributed by atoms with Crippen molar-refractivity contribution in [3.8, 4) is 0 Å². The summed E-state index contributed by atoms with van der Waals surface area (Å²) in [5.74, 6) is 0.945. The van der Waals surface area contributed by atoms with Crippen LogP contribution in [0.25, 0.3) is 11.1 Å². The van der Waals surface area contributed by atoms with Crippen LogP contribution in [0.15, 0.2) is 44.1 Å². The SMILES string of the molecule is CO[C@H]1CN(CCn2c(=O)oc3ccccc32)C[C@H]1Cc1cc(C)no1. The Morgan fingerprint density at radius 2 is 2.12 bits per heavy atom. The molecular weight excluding hydrogens is 334 g/mol. The Kier molecular flexibility index (Phi) is 4.65. The molecule has 1 aliphatic heterocycles. The molecule has 0 amide bonds. The molecule has 0 spiro atoms. The van der Waals surface area contributed by atoms with Gasteiger partial charge < -0.3 is 13.7 Å². The van der Waals surface area contributed by atoms with E-state index in [2.05, 4.69) is 10.1 Å². The van der Waals surface area contributed by atoms with Crippen molar-refractivity contribution in [2.24, 2.45) is 5.92 Å². The molecule has 3 aromatic rings. The molecule has 1 aromatic carbocycles. The maximum atomic E-state index is 12.1. The molecule has 7 nitrogen and oxygen atoms in total. The summed E-state index contributed by atoms with van der Waals surface area (Å²) in [5, 5.41) is 3.96. The van der Waals surface area contributed by atoms with Crippen LogP contribution in [-0.2, 0) is 17.7 Å². The quantitative estimate of drug-likeness (QED) is 0.672. The van der Waals surface area contributed by atoms with Gasteiger partial charge >= 0.3 is 5.76 Å². The summed E-state index contributed by atoms with van der Waals surface area (Å²) < 4.78 is 18.0. The Morgan fingerprint density at radius 1 is 1.27 bits per heavy atom. The van der Waals surface area contributed by atoms with E-state index in [1.54, 1.807) is 11.7 Å². The van der Waals surface area contributed by atoms with Crippen molar-refractivity contribution >= 4 is 11.1 Å². The maximum Gasteiger partial charge on any atom is 0.419 e. The van der Waals surface area contributed by atoms with Crippen LogP contribution < -0.4 is 5.76 Å². The zero-order valence-electron chi connectivity index (χ0n) is 15.1. The number of fused-ring (bicyclic) bond motifs is 1. The largest absolute Gasteiger partial charge is 0.419 e. The molecule has 2 aromatic heterocycles. The number of aromatic nitrogens is 2. The molecule has 7 heteroatoms. The van der Waals surface area contributed by atoms with E-state index in [0.717, 1.165) is 43.0 Å². The van der Waals surface area contributed by atoms with E-state index in [9.17, 15) is 4.79 Å². The summed E-state index contributed by atoms with van der Waals surface area (Å²) in [4.78, 5) is 14.4. The summed E-state index contributed by atoms with van der Waals surface area (Å²) in [6.45, 7) is 5.05. The minimum atomic E-state index is -0.303. The first-order valence-corrected chi connectivity index (χ1v) is 8.90. The highest BCUT2D eigenvalue weighted by Crippen LogP contribution is 2.24. The van der Waals surface area contributed by atoms with E-state index < -0.39 is 0 Å². The van der Waals surface area contributed by atoms with Gasteiger partial charge in [-0.3, -0.25) is 9.47 Å². The third kappa shape index (κ3) is 3.32. The summed E-state index contributed by atoms with van der Waals surface area (Å²) in [6.07, 6.45) is 0.961. The topological polar surface area (TPSA) is 73.6 Å². The molecule has 1 aliphatic rings. The number of ether oxygens (including phenoxy) is 1. The molecule has 1 fully saturated rings. The number of hydrogen-bond acceptors (Lipinski definition) is 6. The third-order valence-electron chi connectivity index (χ3n) is 5.11. The first kappa shape index (κ1) is 17.1. The Bertz CT molecular complexity index is 942. The number of hydrogen-bond donors (Lipinski definition) is 0. The molecular formula is C19H23N3O4. The smallest absolute Gasteiger partial charge is 0.408 e. The number of likely N-dealkylation sites (tertiary alicyclic amines) is 1.